The topological polar surface area (TPSA) is 62.3 Å². The standard InChI is InChI=1S/C11H21N3O/c1-11(13,9-12)5-6-14(7-8-15-2)10-3-4-10/h10H,3-8,13H2,1-2H3. The Morgan fingerprint density at radius 3 is 2.67 bits per heavy atom. The number of nitrogens with two attached hydrogens (primary N) is 1. The molecule has 0 aliphatic heterocycles. The van der Waals surface area contributed by atoms with Crippen LogP contribution in [0.15, 0.2) is 0 Å². The van der Waals surface area contributed by atoms with Crippen LogP contribution in [0, 0.1) is 11.3 Å². The summed E-state index contributed by atoms with van der Waals surface area (Å²) >= 11 is 0. The fourth-order valence-electron chi connectivity index (χ4n) is 1.56. The third-order valence-electron chi connectivity index (χ3n) is 2.82. The van der Waals surface area contributed by atoms with Gasteiger partial charge in [-0.2, -0.15) is 5.26 Å². The lowest BCUT2D eigenvalue weighted by Crippen LogP contribution is -2.40. The average molecular weight is 211 g/mol. The van der Waals surface area contributed by atoms with Crippen molar-refractivity contribution in [2.45, 2.75) is 37.8 Å². The van der Waals surface area contributed by atoms with Crippen LogP contribution in [0.1, 0.15) is 26.2 Å². The van der Waals surface area contributed by atoms with Crippen LogP contribution in [0.3, 0.4) is 0 Å². The number of nitrogens with zero attached hydrogens (tertiary/aromatic N) is 2. The van der Waals surface area contributed by atoms with Crippen molar-refractivity contribution in [3.05, 3.63) is 0 Å². The Hall–Kier alpha value is -0.630. The number of ether oxygens (including phenoxy) is 1. The van der Waals surface area contributed by atoms with Crippen molar-refractivity contribution in [3.63, 3.8) is 0 Å². The summed E-state index contributed by atoms with van der Waals surface area (Å²) in [4.78, 5) is 2.38. The van der Waals surface area contributed by atoms with E-state index in [1.54, 1.807) is 14.0 Å². The minimum Gasteiger partial charge on any atom is -0.383 e. The van der Waals surface area contributed by atoms with Crippen molar-refractivity contribution < 1.29 is 4.74 Å². The number of rotatable bonds is 7. The van der Waals surface area contributed by atoms with Gasteiger partial charge in [0.15, 0.2) is 0 Å². The average Bonchev–Trinajstić information content (AvgIpc) is 3.02. The molecule has 1 aliphatic rings. The summed E-state index contributed by atoms with van der Waals surface area (Å²) in [5.41, 5.74) is 5.10. The molecule has 1 unspecified atom stereocenters. The Morgan fingerprint density at radius 2 is 2.20 bits per heavy atom. The second-order valence-corrected chi connectivity index (χ2v) is 4.54. The van der Waals surface area contributed by atoms with E-state index in [0.717, 1.165) is 26.1 Å². The van der Waals surface area contributed by atoms with Gasteiger partial charge in [-0.1, -0.05) is 0 Å². The highest BCUT2D eigenvalue weighted by Gasteiger charge is 2.30. The minimum atomic E-state index is -0.694. The van der Waals surface area contributed by atoms with Gasteiger partial charge in [-0.05, 0) is 26.2 Å². The number of nitriles is 1. The number of hydrogen-bond donors (Lipinski definition) is 1. The van der Waals surface area contributed by atoms with Crippen molar-refractivity contribution in [1.29, 1.82) is 5.26 Å². The first-order valence-electron chi connectivity index (χ1n) is 5.52. The van der Waals surface area contributed by atoms with Crippen molar-refractivity contribution in [2.24, 2.45) is 5.73 Å². The smallest absolute Gasteiger partial charge is 0.102 e. The lowest BCUT2D eigenvalue weighted by Gasteiger charge is -2.24. The van der Waals surface area contributed by atoms with Crippen LogP contribution in [0.5, 0.6) is 0 Å². The van der Waals surface area contributed by atoms with Gasteiger partial charge in [-0.25, -0.2) is 0 Å². The Morgan fingerprint density at radius 1 is 1.53 bits per heavy atom. The zero-order chi connectivity index (χ0) is 11.3. The number of hydrogen-bond acceptors (Lipinski definition) is 4. The summed E-state index contributed by atoms with van der Waals surface area (Å²) < 4.78 is 5.07. The third-order valence-corrected chi connectivity index (χ3v) is 2.82. The molecule has 1 saturated carbocycles. The Labute approximate surface area is 92.0 Å². The molecule has 1 aliphatic carbocycles. The molecule has 0 bridgehead atoms. The second kappa shape index (κ2) is 5.45. The van der Waals surface area contributed by atoms with E-state index in [0.29, 0.717) is 6.04 Å². The molecule has 1 fully saturated rings. The van der Waals surface area contributed by atoms with Crippen LogP contribution < -0.4 is 5.73 Å². The molecule has 0 radical (unpaired) electrons. The lowest BCUT2D eigenvalue weighted by molar-refractivity contribution is 0.140. The van der Waals surface area contributed by atoms with Gasteiger partial charge in [0.2, 0.25) is 0 Å². The van der Waals surface area contributed by atoms with E-state index in [1.165, 1.54) is 12.8 Å². The van der Waals surface area contributed by atoms with Crippen LogP contribution in [-0.4, -0.2) is 43.3 Å². The quantitative estimate of drug-likeness (QED) is 0.674. The predicted octanol–water partition coefficient (Wildman–Crippen LogP) is 0.728. The zero-order valence-electron chi connectivity index (χ0n) is 9.70. The van der Waals surface area contributed by atoms with Gasteiger partial charge in [0.05, 0.1) is 12.7 Å². The fraction of sp³-hybridized carbons (Fsp3) is 0.909. The molecule has 0 aromatic carbocycles. The maximum absolute atomic E-state index is 8.82. The first-order valence-corrected chi connectivity index (χ1v) is 5.52. The molecular formula is C11H21N3O. The van der Waals surface area contributed by atoms with Crippen LogP contribution in [-0.2, 0) is 4.74 Å². The molecule has 1 atom stereocenters. The van der Waals surface area contributed by atoms with Gasteiger partial charge in [0.25, 0.3) is 0 Å². The maximum atomic E-state index is 8.82. The highest BCUT2D eigenvalue weighted by molar-refractivity contribution is 5.01. The SMILES string of the molecule is COCCN(CCC(C)(N)C#N)C1CC1. The molecule has 0 aromatic rings. The Bertz CT molecular complexity index is 230. The van der Waals surface area contributed by atoms with Gasteiger partial charge >= 0.3 is 0 Å². The molecule has 0 saturated heterocycles. The van der Waals surface area contributed by atoms with E-state index in [2.05, 4.69) is 11.0 Å². The van der Waals surface area contributed by atoms with E-state index < -0.39 is 5.54 Å². The monoisotopic (exact) mass is 211 g/mol. The zero-order valence-corrected chi connectivity index (χ0v) is 9.70. The van der Waals surface area contributed by atoms with E-state index in [-0.39, 0.29) is 0 Å². The van der Waals surface area contributed by atoms with E-state index in [4.69, 9.17) is 15.7 Å². The molecule has 0 heterocycles. The van der Waals surface area contributed by atoms with E-state index in [1.807, 2.05) is 0 Å². The molecule has 2 N–H and O–H groups in total. The van der Waals surface area contributed by atoms with Crippen LogP contribution >= 0.6 is 0 Å². The lowest BCUT2D eigenvalue weighted by atomic mass is 10.0. The molecule has 15 heavy (non-hydrogen) atoms. The van der Waals surface area contributed by atoms with Gasteiger partial charge < -0.3 is 10.5 Å². The first kappa shape index (κ1) is 12.4. The summed E-state index contributed by atoms with van der Waals surface area (Å²) in [5, 5.41) is 8.82. The highest BCUT2D eigenvalue weighted by atomic mass is 16.5. The Balaban J connectivity index is 2.29. The summed E-state index contributed by atoms with van der Waals surface area (Å²) in [6.45, 7) is 4.38. The van der Waals surface area contributed by atoms with Gasteiger partial charge in [-0.3, -0.25) is 4.90 Å². The molecule has 0 aromatic heterocycles. The van der Waals surface area contributed by atoms with Crippen molar-refractivity contribution >= 4 is 0 Å². The summed E-state index contributed by atoms with van der Waals surface area (Å²) in [7, 11) is 1.72. The van der Waals surface area contributed by atoms with Crippen molar-refractivity contribution in [3.8, 4) is 6.07 Å². The van der Waals surface area contributed by atoms with Crippen LogP contribution in [0.2, 0.25) is 0 Å². The number of methoxy groups -OCH3 is 1. The van der Waals surface area contributed by atoms with Crippen molar-refractivity contribution in [2.75, 3.05) is 26.8 Å². The molecule has 86 valence electrons. The predicted molar refractivity (Wildman–Crippen MR) is 59.3 cm³/mol. The van der Waals surface area contributed by atoms with Gasteiger partial charge in [-0.15, -0.1) is 0 Å². The molecule has 0 amide bonds. The molecule has 4 nitrogen and oxygen atoms in total. The highest BCUT2D eigenvalue weighted by Crippen LogP contribution is 2.27. The first-order chi connectivity index (χ1) is 7.09. The van der Waals surface area contributed by atoms with E-state index in [9.17, 15) is 0 Å². The third kappa shape index (κ3) is 4.61. The molecular weight excluding hydrogens is 190 g/mol. The van der Waals surface area contributed by atoms with Crippen LogP contribution in [0.25, 0.3) is 0 Å². The normalized spacial score (nSPS) is 19.9. The second-order valence-electron chi connectivity index (χ2n) is 4.54. The van der Waals surface area contributed by atoms with Gasteiger partial charge in [0, 0.05) is 26.2 Å². The maximum Gasteiger partial charge on any atom is 0.102 e. The molecule has 0 spiro atoms. The Kier molecular flexibility index (Phi) is 4.52. The summed E-state index contributed by atoms with van der Waals surface area (Å²) in [6, 6.07) is 2.84. The molecule has 1 rings (SSSR count). The summed E-state index contributed by atoms with van der Waals surface area (Å²) in [6.07, 6.45) is 3.28. The largest absolute Gasteiger partial charge is 0.383 e. The molecule has 4 heteroatoms. The van der Waals surface area contributed by atoms with Crippen molar-refractivity contribution in [1.82, 2.24) is 4.90 Å². The minimum absolute atomic E-state index is 0.694. The van der Waals surface area contributed by atoms with Gasteiger partial charge in [0.1, 0.15) is 5.54 Å². The van der Waals surface area contributed by atoms with E-state index >= 15 is 0 Å². The fourth-order valence-corrected chi connectivity index (χ4v) is 1.56. The van der Waals surface area contributed by atoms with Crippen LogP contribution in [0.4, 0.5) is 0 Å². The summed E-state index contributed by atoms with van der Waals surface area (Å²) in [5.74, 6) is 0.